The van der Waals surface area contributed by atoms with Crippen LogP contribution < -0.4 is 4.90 Å². The van der Waals surface area contributed by atoms with E-state index < -0.39 is 0 Å². The number of hydrogen-bond acceptors (Lipinski definition) is 2. The van der Waals surface area contributed by atoms with Crippen molar-refractivity contribution in [2.45, 2.75) is 26.2 Å². The maximum absolute atomic E-state index is 12.1. The van der Waals surface area contributed by atoms with Gasteiger partial charge in [0.05, 0.1) is 0 Å². The largest absolute Gasteiger partial charge is 0.371 e. The van der Waals surface area contributed by atoms with Gasteiger partial charge in [-0.2, -0.15) is 0 Å². The van der Waals surface area contributed by atoms with E-state index in [0.29, 0.717) is 6.42 Å². The predicted molar refractivity (Wildman–Crippen MR) is 130 cm³/mol. The minimum Gasteiger partial charge on any atom is -0.371 e. The smallest absolute Gasteiger partial charge is 0.162 e. The van der Waals surface area contributed by atoms with Crippen LogP contribution in [0.25, 0.3) is 17.7 Å². The lowest BCUT2D eigenvalue weighted by Gasteiger charge is -2.32. The Morgan fingerprint density at radius 3 is 2.03 bits per heavy atom. The number of carbonyl (C=O) groups excluding carboxylic acids is 1. The summed E-state index contributed by atoms with van der Waals surface area (Å²) < 4.78 is 0. The molecule has 0 unspecified atom stereocenters. The number of rotatable bonds is 3. The van der Waals surface area contributed by atoms with Crippen LogP contribution >= 0.6 is 0 Å². The van der Waals surface area contributed by atoms with Crippen LogP contribution in [0.3, 0.4) is 0 Å². The summed E-state index contributed by atoms with van der Waals surface area (Å²) in [5.41, 5.74) is 10.2. The van der Waals surface area contributed by atoms with Crippen LogP contribution in [0.1, 0.15) is 58.8 Å². The molecule has 1 aliphatic heterocycles. The third-order valence-electron chi connectivity index (χ3n) is 6.48. The third kappa shape index (κ3) is 3.74. The molecule has 3 aromatic rings. The van der Waals surface area contributed by atoms with Gasteiger partial charge in [0.25, 0.3) is 0 Å². The maximum atomic E-state index is 12.1. The standard InChI is InChI=1S/C29H27NO/c1-2-28(31)24-10-7-11-25(20-24)30-18-16-23(17-19-30)29-26-12-5-3-8-21(26)14-15-22-9-4-6-13-27(22)29/h3-15,20H,2,16-19H2,1H3. The second-order valence-electron chi connectivity index (χ2n) is 8.30. The van der Waals surface area contributed by atoms with E-state index in [-0.39, 0.29) is 5.78 Å². The minimum atomic E-state index is 0.209. The highest BCUT2D eigenvalue weighted by Gasteiger charge is 2.22. The Morgan fingerprint density at radius 1 is 0.806 bits per heavy atom. The summed E-state index contributed by atoms with van der Waals surface area (Å²) in [6, 6.07) is 25.6. The molecule has 5 rings (SSSR count). The number of piperidine rings is 1. The second-order valence-corrected chi connectivity index (χ2v) is 8.30. The Morgan fingerprint density at radius 2 is 1.42 bits per heavy atom. The Balaban J connectivity index is 1.49. The summed E-state index contributed by atoms with van der Waals surface area (Å²) in [5, 5.41) is 0. The van der Waals surface area contributed by atoms with Gasteiger partial charge in [0.1, 0.15) is 0 Å². The first-order chi connectivity index (χ1) is 15.2. The predicted octanol–water partition coefficient (Wildman–Crippen LogP) is 6.87. The average molecular weight is 406 g/mol. The maximum Gasteiger partial charge on any atom is 0.162 e. The van der Waals surface area contributed by atoms with E-state index in [0.717, 1.165) is 37.2 Å². The van der Waals surface area contributed by atoms with Gasteiger partial charge >= 0.3 is 0 Å². The topological polar surface area (TPSA) is 20.3 Å². The van der Waals surface area contributed by atoms with Gasteiger partial charge in [-0.25, -0.2) is 0 Å². The first kappa shape index (κ1) is 19.6. The van der Waals surface area contributed by atoms with Crippen LogP contribution in [0.2, 0.25) is 0 Å². The Hall–Kier alpha value is -3.39. The number of carbonyl (C=O) groups is 1. The summed E-state index contributed by atoms with van der Waals surface area (Å²) in [6.45, 7) is 3.87. The molecule has 0 bridgehead atoms. The van der Waals surface area contributed by atoms with Crippen molar-refractivity contribution in [2.24, 2.45) is 0 Å². The van der Waals surface area contributed by atoms with Gasteiger partial charge in [0, 0.05) is 30.8 Å². The van der Waals surface area contributed by atoms with E-state index in [4.69, 9.17) is 0 Å². The van der Waals surface area contributed by atoms with Crippen molar-refractivity contribution in [2.75, 3.05) is 18.0 Å². The lowest BCUT2D eigenvalue weighted by atomic mass is 9.86. The molecule has 0 aromatic heterocycles. The molecular weight excluding hydrogens is 378 g/mol. The molecule has 1 saturated heterocycles. The van der Waals surface area contributed by atoms with E-state index >= 15 is 0 Å². The highest BCUT2D eigenvalue weighted by molar-refractivity contribution is 5.97. The molecule has 2 aliphatic rings. The van der Waals surface area contributed by atoms with Crippen molar-refractivity contribution < 1.29 is 4.79 Å². The van der Waals surface area contributed by atoms with Gasteiger partial charge in [-0.15, -0.1) is 0 Å². The van der Waals surface area contributed by atoms with Crippen LogP contribution in [0.5, 0.6) is 0 Å². The van der Waals surface area contributed by atoms with Crippen LogP contribution in [0, 0.1) is 0 Å². The lowest BCUT2D eigenvalue weighted by molar-refractivity contribution is 0.0988. The minimum absolute atomic E-state index is 0.209. The van der Waals surface area contributed by atoms with Crippen molar-refractivity contribution in [1.82, 2.24) is 0 Å². The lowest BCUT2D eigenvalue weighted by Crippen LogP contribution is -2.31. The summed E-state index contributed by atoms with van der Waals surface area (Å²) in [5.74, 6) is 0.209. The summed E-state index contributed by atoms with van der Waals surface area (Å²) in [6.07, 6.45) is 7.10. The molecule has 0 N–H and O–H groups in total. The Kier molecular flexibility index (Phi) is 5.30. The monoisotopic (exact) mass is 405 g/mol. The van der Waals surface area contributed by atoms with Crippen molar-refractivity contribution >= 4 is 29.2 Å². The number of benzene rings is 3. The highest BCUT2D eigenvalue weighted by Crippen LogP contribution is 2.39. The molecule has 0 radical (unpaired) electrons. The molecule has 2 heteroatoms. The molecule has 0 atom stereocenters. The van der Waals surface area contributed by atoms with Gasteiger partial charge in [0.2, 0.25) is 0 Å². The number of fused-ring (bicyclic) bond motifs is 2. The number of hydrogen-bond donors (Lipinski definition) is 0. The molecule has 154 valence electrons. The third-order valence-corrected chi connectivity index (χ3v) is 6.48. The summed E-state index contributed by atoms with van der Waals surface area (Å²) in [7, 11) is 0. The molecular formula is C29H27NO. The quantitative estimate of drug-likeness (QED) is 0.347. The molecule has 1 aliphatic carbocycles. The SMILES string of the molecule is CCC(=O)c1cccc(N2CCC(=C3c4ccccc4C=Cc4ccccc43)CC2)c1. The Bertz CT molecular complexity index is 1140. The molecule has 3 aromatic carbocycles. The zero-order chi connectivity index (χ0) is 21.2. The fraction of sp³-hybridized carbons (Fsp3) is 0.207. The number of ketones is 1. The fourth-order valence-corrected chi connectivity index (χ4v) is 4.81. The molecule has 2 nitrogen and oxygen atoms in total. The zero-order valence-electron chi connectivity index (χ0n) is 18.0. The summed E-state index contributed by atoms with van der Waals surface area (Å²) in [4.78, 5) is 14.6. The van der Waals surface area contributed by atoms with E-state index in [1.165, 1.54) is 33.4 Å². The first-order valence-corrected chi connectivity index (χ1v) is 11.2. The van der Waals surface area contributed by atoms with Crippen LogP contribution in [-0.2, 0) is 0 Å². The highest BCUT2D eigenvalue weighted by atomic mass is 16.1. The molecule has 0 spiro atoms. The van der Waals surface area contributed by atoms with E-state index in [1.54, 1.807) is 0 Å². The van der Waals surface area contributed by atoms with Gasteiger partial charge in [-0.05, 0) is 52.8 Å². The van der Waals surface area contributed by atoms with Crippen molar-refractivity contribution in [1.29, 1.82) is 0 Å². The second kappa shape index (κ2) is 8.39. The van der Waals surface area contributed by atoms with Crippen LogP contribution in [0.4, 0.5) is 5.69 Å². The Labute approximate surface area is 184 Å². The van der Waals surface area contributed by atoms with E-state index in [1.807, 2.05) is 19.1 Å². The number of anilines is 1. The van der Waals surface area contributed by atoms with Crippen molar-refractivity contribution in [3.8, 4) is 0 Å². The zero-order valence-corrected chi connectivity index (χ0v) is 18.0. The van der Waals surface area contributed by atoms with E-state index in [9.17, 15) is 4.79 Å². The molecule has 0 amide bonds. The molecule has 31 heavy (non-hydrogen) atoms. The number of nitrogens with zero attached hydrogens (tertiary/aromatic N) is 1. The van der Waals surface area contributed by atoms with Crippen LogP contribution in [-0.4, -0.2) is 18.9 Å². The van der Waals surface area contributed by atoms with Gasteiger partial charge < -0.3 is 4.90 Å². The van der Waals surface area contributed by atoms with E-state index in [2.05, 4.69) is 77.7 Å². The van der Waals surface area contributed by atoms with Crippen molar-refractivity contribution in [3.63, 3.8) is 0 Å². The van der Waals surface area contributed by atoms with Crippen molar-refractivity contribution in [3.05, 3.63) is 106 Å². The number of Topliss-reactive ketones (excluding diaryl/α,β-unsaturated/α-hetero) is 1. The van der Waals surface area contributed by atoms with Gasteiger partial charge in [-0.1, -0.05) is 85.3 Å². The molecule has 1 heterocycles. The molecule has 1 fully saturated rings. The van der Waals surface area contributed by atoms with Crippen LogP contribution in [0.15, 0.2) is 78.4 Å². The average Bonchev–Trinajstić information content (AvgIpc) is 3.01. The molecule has 0 saturated carbocycles. The first-order valence-electron chi connectivity index (χ1n) is 11.2. The summed E-state index contributed by atoms with van der Waals surface area (Å²) >= 11 is 0. The van der Waals surface area contributed by atoms with Gasteiger partial charge in [-0.3, -0.25) is 4.79 Å². The van der Waals surface area contributed by atoms with Gasteiger partial charge in [0.15, 0.2) is 5.78 Å². The normalized spacial score (nSPS) is 15.3. The fourth-order valence-electron chi connectivity index (χ4n) is 4.81.